The van der Waals surface area contributed by atoms with Crippen molar-refractivity contribution in [2.45, 2.75) is 0 Å². The highest BCUT2D eigenvalue weighted by Crippen LogP contribution is 2.28. The van der Waals surface area contributed by atoms with E-state index >= 15 is 0 Å². The van der Waals surface area contributed by atoms with Crippen molar-refractivity contribution in [3.8, 4) is 17.1 Å². The number of methoxy groups -OCH3 is 1. The van der Waals surface area contributed by atoms with Crippen LogP contribution in [0.1, 0.15) is 0 Å². The third kappa shape index (κ3) is 2.13. The number of rotatable bonds is 3. The number of thiophene rings is 1. The van der Waals surface area contributed by atoms with Gasteiger partial charge in [0.15, 0.2) is 5.82 Å². The third-order valence-electron chi connectivity index (χ3n) is 2.91. The van der Waals surface area contributed by atoms with E-state index < -0.39 is 0 Å². The van der Waals surface area contributed by atoms with Crippen LogP contribution in [0.5, 0.6) is 5.75 Å². The van der Waals surface area contributed by atoms with Crippen molar-refractivity contribution in [2.75, 3.05) is 19.5 Å². The molecule has 0 radical (unpaired) electrons. The molecule has 2 heterocycles. The first-order valence-electron chi connectivity index (χ1n) is 5.89. The fourth-order valence-electron chi connectivity index (χ4n) is 1.92. The highest BCUT2D eigenvalue weighted by atomic mass is 32.1. The molecule has 96 valence electrons. The van der Waals surface area contributed by atoms with Crippen LogP contribution in [0.25, 0.3) is 21.6 Å². The van der Waals surface area contributed by atoms with Crippen molar-refractivity contribution in [1.29, 1.82) is 0 Å². The molecule has 5 heteroatoms. The summed E-state index contributed by atoms with van der Waals surface area (Å²) in [5, 5.41) is 6.21. The molecule has 3 aromatic rings. The second-order valence-corrected chi connectivity index (χ2v) is 4.91. The van der Waals surface area contributed by atoms with E-state index in [4.69, 9.17) is 4.74 Å². The number of fused-ring (bicyclic) bond motifs is 1. The molecular formula is C14H13N3OS. The van der Waals surface area contributed by atoms with Gasteiger partial charge in [0, 0.05) is 12.6 Å². The van der Waals surface area contributed by atoms with Gasteiger partial charge in [-0.1, -0.05) is 0 Å². The van der Waals surface area contributed by atoms with Crippen LogP contribution in [0.15, 0.2) is 35.7 Å². The summed E-state index contributed by atoms with van der Waals surface area (Å²) in [5.74, 6) is 2.41. The molecule has 0 bridgehead atoms. The van der Waals surface area contributed by atoms with E-state index in [0.717, 1.165) is 33.2 Å². The van der Waals surface area contributed by atoms with Crippen LogP contribution in [0.4, 0.5) is 5.82 Å². The number of hydrogen-bond donors (Lipinski definition) is 1. The zero-order valence-corrected chi connectivity index (χ0v) is 11.5. The van der Waals surface area contributed by atoms with Gasteiger partial charge in [0.05, 0.1) is 12.5 Å². The molecule has 0 saturated heterocycles. The molecule has 3 rings (SSSR count). The lowest BCUT2D eigenvalue weighted by molar-refractivity contribution is 0.415. The first-order valence-corrected chi connectivity index (χ1v) is 6.77. The minimum absolute atomic E-state index is 0.724. The molecular weight excluding hydrogens is 258 g/mol. The Morgan fingerprint density at radius 2 is 1.89 bits per heavy atom. The standard InChI is InChI=1S/C14H13N3OS/c1-15-13-11-7-8-19-14(11)17-12(16-13)9-3-5-10(18-2)6-4-9/h3-8H,1-2H3,(H,15,16,17). The maximum absolute atomic E-state index is 5.16. The molecule has 1 N–H and O–H groups in total. The summed E-state index contributed by atoms with van der Waals surface area (Å²) in [7, 11) is 3.53. The van der Waals surface area contributed by atoms with E-state index in [1.165, 1.54) is 0 Å². The zero-order chi connectivity index (χ0) is 13.2. The number of ether oxygens (including phenoxy) is 1. The smallest absolute Gasteiger partial charge is 0.163 e. The number of anilines is 1. The van der Waals surface area contributed by atoms with Crippen molar-refractivity contribution in [2.24, 2.45) is 0 Å². The van der Waals surface area contributed by atoms with Gasteiger partial charge in [-0.05, 0) is 35.7 Å². The predicted octanol–water partition coefficient (Wildman–Crippen LogP) is 3.41. The summed E-state index contributed by atoms with van der Waals surface area (Å²) in [6.07, 6.45) is 0. The maximum atomic E-state index is 5.16. The second-order valence-electron chi connectivity index (χ2n) is 4.01. The first kappa shape index (κ1) is 11.9. The second kappa shape index (κ2) is 4.85. The summed E-state index contributed by atoms with van der Waals surface area (Å²) in [6.45, 7) is 0. The molecule has 0 aliphatic rings. The number of hydrogen-bond acceptors (Lipinski definition) is 5. The van der Waals surface area contributed by atoms with E-state index in [2.05, 4.69) is 15.3 Å². The van der Waals surface area contributed by atoms with Gasteiger partial charge in [-0.2, -0.15) is 0 Å². The van der Waals surface area contributed by atoms with Gasteiger partial charge in [-0.25, -0.2) is 9.97 Å². The van der Waals surface area contributed by atoms with E-state index in [9.17, 15) is 0 Å². The van der Waals surface area contributed by atoms with Gasteiger partial charge in [-0.15, -0.1) is 11.3 Å². The highest BCUT2D eigenvalue weighted by Gasteiger charge is 2.09. The molecule has 0 saturated carbocycles. The van der Waals surface area contributed by atoms with Gasteiger partial charge < -0.3 is 10.1 Å². The Morgan fingerprint density at radius 1 is 1.11 bits per heavy atom. The van der Waals surface area contributed by atoms with Crippen molar-refractivity contribution in [3.63, 3.8) is 0 Å². The van der Waals surface area contributed by atoms with Crippen LogP contribution in [0.2, 0.25) is 0 Å². The lowest BCUT2D eigenvalue weighted by Crippen LogP contribution is -1.97. The van der Waals surface area contributed by atoms with Crippen LogP contribution in [0.3, 0.4) is 0 Å². The Balaban J connectivity index is 2.12. The lowest BCUT2D eigenvalue weighted by Gasteiger charge is -2.06. The highest BCUT2D eigenvalue weighted by molar-refractivity contribution is 7.16. The molecule has 2 aromatic heterocycles. The van der Waals surface area contributed by atoms with E-state index in [1.54, 1.807) is 18.4 Å². The normalized spacial score (nSPS) is 10.6. The van der Waals surface area contributed by atoms with Gasteiger partial charge in [0.25, 0.3) is 0 Å². The Bertz CT molecular complexity index is 706. The van der Waals surface area contributed by atoms with Crippen LogP contribution < -0.4 is 10.1 Å². The molecule has 0 fully saturated rings. The lowest BCUT2D eigenvalue weighted by atomic mass is 10.2. The van der Waals surface area contributed by atoms with Crippen LogP contribution in [-0.4, -0.2) is 24.1 Å². The zero-order valence-electron chi connectivity index (χ0n) is 10.7. The topological polar surface area (TPSA) is 47.0 Å². The predicted molar refractivity (Wildman–Crippen MR) is 78.9 cm³/mol. The van der Waals surface area contributed by atoms with Gasteiger partial charge in [0.1, 0.15) is 16.4 Å². The summed E-state index contributed by atoms with van der Waals surface area (Å²) < 4.78 is 5.16. The molecule has 0 aliphatic heterocycles. The van der Waals surface area contributed by atoms with E-state index in [-0.39, 0.29) is 0 Å². The quantitative estimate of drug-likeness (QED) is 0.793. The van der Waals surface area contributed by atoms with Crippen LogP contribution >= 0.6 is 11.3 Å². The Labute approximate surface area is 115 Å². The molecule has 0 amide bonds. The third-order valence-corrected chi connectivity index (χ3v) is 3.72. The summed E-state index contributed by atoms with van der Waals surface area (Å²) in [5.41, 5.74) is 0.979. The number of aromatic nitrogens is 2. The summed E-state index contributed by atoms with van der Waals surface area (Å²) in [4.78, 5) is 10.1. The summed E-state index contributed by atoms with van der Waals surface area (Å²) in [6, 6.07) is 9.79. The minimum atomic E-state index is 0.724. The average Bonchev–Trinajstić information content (AvgIpc) is 2.94. The fraction of sp³-hybridized carbons (Fsp3) is 0.143. The molecule has 0 unspecified atom stereocenters. The number of nitrogens with one attached hydrogen (secondary N) is 1. The molecule has 0 aliphatic carbocycles. The fourth-order valence-corrected chi connectivity index (χ4v) is 2.68. The summed E-state index contributed by atoms with van der Waals surface area (Å²) >= 11 is 1.62. The van der Waals surface area contributed by atoms with Crippen LogP contribution in [-0.2, 0) is 0 Å². The monoisotopic (exact) mass is 271 g/mol. The SMILES string of the molecule is CNc1nc(-c2ccc(OC)cc2)nc2sccc12. The number of benzene rings is 1. The van der Waals surface area contributed by atoms with Crippen molar-refractivity contribution in [3.05, 3.63) is 35.7 Å². The average molecular weight is 271 g/mol. The van der Waals surface area contributed by atoms with Crippen molar-refractivity contribution < 1.29 is 4.74 Å². The molecule has 4 nitrogen and oxygen atoms in total. The first-order chi connectivity index (χ1) is 9.31. The Morgan fingerprint density at radius 3 is 2.58 bits per heavy atom. The Kier molecular flexibility index (Phi) is 3.05. The van der Waals surface area contributed by atoms with Crippen molar-refractivity contribution >= 4 is 27.4 Å². The van der Waals surface area contributed by atoms with Crippen molar-refractivity contribution in [1.82, 2.24) is 9.97 Å². The Hall–Kier alpha value is -2.14. The molecule has 0 spiro atoms. The maximum Gasteiger partial charge on any atom is 0.163 e. The van der Waals surface area contributed by atoms with Crippen LogP contribution in [0, 0.1) is 0 Å². The van der Waals surface area contributed by atoms with E-state index in [0.29, 0.717) is 0 Å². The van der Waals surface area contributed by atoms with Gasteiger partial charge in [-0.3, -0.25) is 0 Å². The van der Waals surface area contributed by atoms with Gasteiger partial charge >= 0.3 is 0 Å². The molecule has 19 heavy (non-hydrogen) atoms. The largest absolute Gasteiger partial charge is 0.497 e. The van der Waals surface area contributed by atoms with E-state index in [1.807, 2.05) is 42.8 Å². The van der Waals surface area contributed by atoms with Gasteiger partial charge in [0.2, 0.25) is 0 Å². The molecule has 0 atom stereocenters. The molecule has 1 aromatic carbocycles. The number of nitrogens with zero attached hydrogens (tertiary/aromatic N) is 2. The minimum Gasteiger partial charge on any atom is -0.497 e.